The van der Waals surface area contributed by atoms with Gasteiger partial charge in [0.2, 0.25) is 5.75 Å². The lowest BCUT2D eigenvalue weighted by molar-refractivity contribution is 0.0952. The number of H-pyrrole nitrogens is 1. The van der Waals surface area contributed by atoms with Crippen molar-refractivity contribution in [1.82, 2.24) is 15.5 Å². The highest BCUT2D eigenvalue weighted by molar-refractivity contribution is 5.95. The molecule has 0 bridgehead atoms. The molecule has 0 saturated heterocycles. The molecule has 34 heavy (non-hydrogen) atoms. The predicted molar refractivity (Wildman–Crippen MR) is 124 cm³/mol. The smallest absolute Gasteiger partial charge is 0.270 e. The van der Waals surface area contributed by atoms with E-state index in [2.05, 4.69) is 27.4 Å². The molecule has 3 aromatic rings. The molecular weight excluding hydrogens is 440 g/mol. The SMILES string of the molecule is COc1cc(-c2cc(C(=O)NCC#CCOc3ccccc3C(N)=O)[nH]n2)cc(OC)c1OC. The lowest BCUT2D eigenvalue weighted by atomic mass is 10.1. The second-order valence-electron chi connectivity index (χ2n) is 6.77. The number of rotatable bonds is 9. The molecule has 0 aliphatic rings. The average Bonchev–Trinajstić information content (AvgIpc) is 3.35. The van der Waals surface area contributed by atoms with Gasteiger partial charge in [0.1, 0.15) is 18.1 Å². The van der Waals surface area contributed by atoms with Gasteiger partial charge < -0.3 is 30.0 Å². The summed E-state index contributed by atoms with van der Waals surface area (Å²) in [6.45, 7) is 0.133. The standard InChI is InChI=1S/C24H24N4O6/c1-31-20-12-15(13-21(32-2)22(20)33-3)17-14-18(28-27-17)24(30)26-10-6-7-11-34-19-9-5-4-8-16(19)23(25)29/h4-5,8-9,12-14H,10-11H2,1-3H3,(H2,25,29)(H,26,30)(H,27,28). The zero-order valence-electron chi connectivity index (χ0n) is 18.9. The Labute approximate surface area is 196 Å². The fourth-order valence-electron chi connectivity index (χ4n) is 3.06. The highest BCUT2D eigenvalue weighted by Gasteiger charge is 2.17. The van der Waals surface area contributed by atoms with Crippen molar-refractivity contribution in [2.75, 3.05) is 34.5 Å². The van der Waals surface area contributed by atoms with Crippen LogP contribution < -0.4 is 30.0 Å². The molecule has 0 fully saturated rings. The van der Waals surface area contributed by atoms with Crippen LogP contribution in [0.4, 0.5) is 0 Å². The van der Waals surface area contributed by atoms with Gasteiger partial charge in [0.05, 0.1) is 39.1 Å². The first kappa shape index (κ1) is 24.0. The van der Waals surface area contributed by atoms with Gasteiger partial charge in [0.25, 0.3) is 11.8 Å². The van der Waals surface area contributed by atoms with Crippen molar-refractivity contribution in [3.05, 3.63) is 53.7 Å². The molecule has 1 heterocycles. The Balaban J connectivity index is 1.59. The molecule has 176 valence electrons. The topological polar surface area (TPSA) is 138 Å². The van der Waals surface area contributed by atoms with E-state index in [4.69, 9.17) is 24.7 Å². The van der Waals surface area contributed by atoms with Gasteiger partial charge in [-0.3, -0.25) is 14.7 Å². The number of carbonyl (C=O) groups is 2. The first-order valence-electron chi connectivity index (χ1n) is 10.1. The Morgan fingerprint density at radius 1 is 1.00 bits per heavy atom. The summed E-state index contributed by atoms with van der Waals surface area (Å²) >= 11 is 0. The van der Waals surface area contributed by atoms with E-state index >= 15 is 0 Å². The molecular formula is C24H24N4O6. The molecule has 2 aromatic carbocycles. The Morgan fingerprint density at radius 2 is 1.71 bits per heavy atom. The summed E-state index contributed by atoms with van der Waals surface area (Å²) in [5.41, 5.74) is 7.05. The minimum atomic E-state index is -0.582. The van der Waals surface area contributed by atoms with Gasteiger partial charge in [0.15, 0.2) is 11.5 Å². The van der Waals surface area contributed by atoms with Gasteiger partial charge in [-0.2, -0.15) is 5.10 Å². The monoisotopic (exact) mass is 464 g/mol. The highest BCUT2D eigenvalue weighted by atomic mass is 16.5. The van der Waals surface area contributed by atoms with Crippen molar-refractivity contribution >= 4 is 11.8 Å². The predicted octanol–water partition coefficient (Wildman–Crippen LogP) is 2.01. The lowest BCUT2D eigenvalue weighted by Gasteiger charge is -2.13. The minimum absolute atomic E-state index is 0.0372. The fraction of sp³-hybridized carbons (Fsp3) is 0.208. The van der Waals surface area contributed by atoms with Crippen LogP contribution in [0.1, 0.15) is 20.8 Å². The number of primary amides is 1. The van der Waals surface area contributed by atoms with Crippen LogP contribution in [0.2, 0.25) is 0 Å². The number of nitrogens with two attached hydrogens (primary N) is 1. The third kappa shape index (κ3) is 5.58. The van der Waals surface area contributed by atoms with Crippen LogP contribution >= 0.6 is 0 Å². The van der Waals surface area contributed by atoms with Crippen LogP contribution in [0, 0.1) is 11.8 Å². The second kappa shape index (κ2) is 11.3. The lowest BCUT2D eigenvalue weighted by Crippen LogP contribution is -2.24. The Bertz CT molecular complexity index is 1220. The molecule has 4 N–H and O–H groups in total. The molecule has 0 aliphatic heterocycles. The summed E-state index contributed by atoms with van der Waals surface area (Å²) in [5.74, 6) is 6.36. The van der Waals surface area contributed by atoms with E-state index in [-0.39, 0.29) is 30.3 Å². The largest absolute Gasteiger partial charge is 0.493 e. The minimum Gasteiger partial charge on any atom is -0.493 e. The normalized spacial score (nSPS) is 9.97. The molecule has 3 rings (SSSR count). The molecule has 0 saturated carbocycles. The van der Waals surface area contributed by atoms with E-state index in [1.165, 1.54) is 21.3 Å². The van der Waals surface area contributed by atoms with E-state index < -0.39 is 5.91 Å². The number of para-hydroxylation sites is 1. The summed E-state index contributed by atoms with van der Waals surface area (Å²) in [6, 6.07) is 11.7. The number of carbonyl (C=O) groups excluding carboxylic acids is 2. The molecule has 0 radical (unpaired) electrons. The first-order valence-corrected chi connectivity index (χ1v) is 10.1. The van der Waals surface area contributed by atoms with Gasteiger partial charge >= 0.3 is 0 Å². The maximum atomic E-state index is 12.4. The van der Waals surface area contributed by atoms with Crippen molar-refractivity contribution in [3.8, 4) is 46.1 Å². The number of ether oxygens (including phenoxy) is 4. The van der Waals surface area contributed by atoms with Crippen molar-refractivity contribution in [2.24, 2.45) is 5.73 Å². The Morgan fingerprint density at radius 3 is 2.35 bits per heavy atom. The number of methoxy groups -OCH3 is 3. The summed E-state index contributed by atoms with van der Waals surface area (Å²) in [5, 5.41) is 9.57. The van der Waals surface area contributed by atoms with Crippen molar-refractivity contribution in [3.63, 3.8) is 0 Å². The van der Waals surface area contributed by atoms with Crippen LogP contribution in [-0.2, 0) is 0 Å². The third-order valence-electron chi connectivity index (χ3n) is 4.70. The average molecular weight is 464 g/mol. The number of benzene rings is 2. The first-order chi connectivity index (χ1) is 16.5. The van der Waals surface area contributed by atoms with Crippen LogP contribution in [0.25, 0.3) is 11.3 Å². The zero-order chi connectivity index (χ0) is 24.5. The molecule has 2 amide bonds. The Hall–Kier alpha value is -4.65. The molecule has 0 spiro atoms. The summed E-state index contributed by atoms with van der Waals surface area (Å²) in [4.78, 5) is 23.8. The molecule has 0 atom stereocenters. The van der Waals surface area contributed by atoms with Crippen molar-refractivity contribution < 1.29 is 28.5 Å². The van der Waals surface area contributed by atoms with Gasteiger partial charge in [-0.1, -0.05) is 24.0 Å². The van der Waals surface area contributed by atoms with Gasteiger partial charge in [-0.05, 0) is 30.3 Å². The van der Waals surface area contributed by atoms with E-state index in [9.17, 15) is 9.59 Å². The van der Waals surface area contributed by atoms with E-state index in [0.29, 0.717) is 34.3 Å². The van der Waals surface area contributed by atoms with Crippen LogP contribution in [0.15, 0.2) is 42.5 Å². The number of amides is 2. The number of nitrogens with zero attached hydrogens (tertiary/aromatic N) is 1. The van der Waals surface area contributed by atoms with Crippen molar-refractivity contribution in [2.45, 2.75) is 0 Å². The maximum Gasteiger partial charge on any atom is 0.270 e. The quantitative estimate of drug-likeness (QED) is 0.412. The zero-order valence-corrected chi connectivity index (χ0v) is 18.9. The molecule has 10 nitrogen and oxygen atoms in total. The van der Waals surface area contributed by atoms with E-state index in [1.54, 1.807) is 42.5 Å². The molecule has 0 unspecified atom stereocenters. The number of aromatic nitrogens is 2. The number of aromatic amines is 1. The van der Waals surface area contributed by atoms with Crippen LogP contribution in [-0.4, -0.2) is 56.5 Å². The summed E-state index contributed by atoms with van der Waals surface area (Å²) < 4.78 is 21.5. The molecule has 1 aromatic heterocycles. The molecule has 10 heteroatoms. The number of nitrogens with one attached hydrogen (secondary N) is 2. The molecule has 0 aliphatic carbocycles. The number of hydrogen-bond donors (Lipinski definition) is 3. The third-order valence-corrected chi connectivity index (χ3v) is 4.70. The maximum absolute atomic E-state index is 12.4. The fourth-order valence-corrected chi connectivity index (χ4v) is 3.06. The van der Waals surface area contributed by atoms with Crippen LogP contribution in [0.3, 0.4) is 0 Å². The van der Waals surface area contributed by atoms with Gasteiger partial charge in [0, 0.05) is 5.56 Å². The van der Waals surface area contributed by atoms with E-state index in [0.717, 1.165) is 0 Å². The summed E-state index contributed by atoms with van der Waals surface area (Å²) in [6.07, 6.45) is 0. The van der Waals surface area contributed by atoms with Gasteiger partial charge in [-0.25, -0.2) is 0 Å². The van der Waals surface area contributed by atoms with Crippen molar-refractivity contribution in [1.29, 1.82) is 0 Å². The second-order valence-corrected chi connectivity index (χ2v) is 6.77. The van der Waals surface area contributed by atoms with Gasteiger partial charge in [-0.15, -0.1) is 0 Å². The van der Waals surface area contributed by atoms with E-state index in [1.807, 2.05) is 0 Å². The number of hydrogen-bond acceptors (Lipinski definition) is 7. The summed E-state index contributed by atoms with van der Waals surface area (Å²) in [7, 11) is 4.56. The van der Waals surface area contributed by atoms with Crippen LogP contribution in [0.5, 0.6) is 23.0 Å². The Kier molecular flexibility index (Phi) is 7.97. The highest BCUT2D eigenvalue weighted by Crippen LogP contribution is 2.40.